The van der Waals surface area contributed by atoms with Crippen molar-refractivity contribution in [3.05, 3.63) is 41.6 Å². The van der Waals surface area contributed by atoms with E-state index in [0.29, 0.717) is 18.1 Å². The van der Waals surface area contributed by atoms with Crippen LogP contribution in [-0.4, -0.2) is 73.6 Å². The Morgan fingerprint density at radius 1 is 1.00 bits per heavy atom. The van der Waals surface area contributed by atoms with Crippen molar-refractivity contribution in [3.63, 3.8) is 0 Å². The summed E-state index contributed by atoms with van der Waals surface area (Å²) in [5, 5.41) is 12.0. The Morgan fingerprint density at radius 2 is 1.71 bits per heavy atom. The summed E-state index contributed by atoms with van der Waals surface area (Å²) >= 11 is 5.88. The summed E-state index contributed by atoms with van der Waals surface area (Å²) in [6.07, 6.45) is 1.80. The molecule has 0 unspecified atom stereocenters. The molecule has 2 amide bonds. The van der Waals surface area contributed by atoms with E-state index in [9.17, 15) is 4.79 Å². The Hall–Kier alpha value is -2.58. The maximum atomic E-state index is 12.5. The van der Waals surface area contributed by atoms with E-state index in [2.05, 4.69) is 31.4 Å². The summed E-state index contributed by atoms with van der Waals surface area (Å²) in [5.41, 5.74) is 1.80. The second kappa shape index (κ2) is 8.62. The van der Waals surface area contributed by atoms with Crippen LogP contribution in [0.15, 0.2) is 36.5 Å². The molecule has 0 spiro atoms. The number of nitrogens with one attached hydrogen (secondary N) is 1. The third-order valence-electron chi connectivity index (χ3n) is 4.99. The van der Waals surface area contributed by atoms with Gasteiger partial charge in [0, 0.05) is 56.0 Å². The Kier molecular flexibility index (Phi) is 5.78. The number of hydrogen-bond donors (Lipinski definition) is 1. The predicted molar refractivity (Wildman–Crippen MR) is 109 cm³/mol. The number of carbonyl (C=O) groups excluding carboxylic acids is 1. The van der Waals surface area contributed by atoms with E-state index < -0.39 is 0 Å². The maximum absolute atomic E-state index is 12.5. The first kappa shape index (κ1) is 18.8. The summed E-state index contributed by atoms with van der Waals surface area (Å²) in [6, 6.07) is 9.08. The monoisotopic (exact) mass is 402 g/mol. The molecule has 1 N–H and O–H groups in total. The number of urea groups is 1. The van der Waals surface area contributed by atoms with Gasteiger partial charge in [0.05, 0.1) is 25.1 Å². The molecule has 0 radical (unpaired) electrons. The van der Waals surface area contributed by atoms with E-state index in [1.54, 1.807) is 30.5 Å². The van der Waals surface area contributed by atoms with Gasteiger partial charge in [0.15, 0.2) is 5.82 Å². The van der Waals surface area contributed by atoms with E-state index in [0.717, 1.165) is 56.6 Å². The number of ether oxygens (including phenoxy) is 1. The van der Waals surface area contributed by atoms with Crippen LogP contribution in [0.5, 0.6) is 0 Å². The molecule has 9 heteroatoms. The van der Waals surface area contributed by atoms with Crippen molar-refractivity contribution in [1.29, 1.82) is 0 Å². The minimum absolute atomic E-state index is 0.102. The summed E-state index contributed by atoms with van der Waals surface area (Å²) in [7, 11) is 0. The standard InChI is InChI=1S/C19H23ClN6O2/c20-15-1-3-16(4-2-15)22-19(27)26-7-5-25(6-8-26)18-13-17(14-21-23-18)24-9-11-28-12-10-24/h1-4,13-14H,5-12H2,(H,22,27). The van der Waals surface area contributed by atoms with Crippen LogP contribution < -0.4 is 15.1 Å². The molecule has 4 rings (SSSR count). The van der Waals surface area contributed by atoms with Crippen LogP contribution in [0.4, 0.5) is 22.0 Å². The number of hydrogen-bond acceptors (Lipinski definition) is 6. The molecular formula is C19H23ClN6O2. The third-order valence-corrected chi connectivity index (χ3v) is 5.24. The predicted octanol–water partition coefficient (Wildman–Crippen LogP) is 2.32. The lowest BCUT2D eigenvalue weighted by Crippen LogP contribution is -2.50. The summed E-state index contributed by atoms with van der Waals surface area (Å²) in [4.78, 5) is 18.7. The highest BCUT2D eigenvalue weighted by Crippen LogP contribution is 2.21. The fourth-order valence-electron chi connectivity index (χ4n) is 3.37. The Labute approximate surface area is 169 Å². The van der Waals surface area contributed by atoms with Crippen molar-refractivity contribution in [1.82, 2.24) is 15.1 Å². The van der Waals surface area contributed by atoms with Gasteiger partial charge < -0.3 is 24.8 Å². The minimum Gasteiger partial charge on any atom is -0.378 e. The first-order valence-corrected chi connectivity index (χ1v) is 9.79. The van der Waals surface area contributed by atoms with E-state index in [-0.39, 0.29) is 6.03 Å². The Morgan fingerprint density at radius 3 is 2.43 bits per heavy atom. The molecule has 1 aromatic carbocycles. The number of amides is 2. The van der Waals surface area contributed by atoms with Gasteiger partial charge in [0.1, 0.15) is 0 Å². The largest absolute Gasteiger partial charge is 0.378 e. The molecule has 1 aromatic heterocycles. The molecule has 2 saturated heterocycles. The molecular weight excluding hydrogens is 380 g/mol. The van der Waals surface area contributed by atoms with Crippen molar-refractivity contribution in [3.8, 4) is 0 Å². The van der Waals surface area contributed by atoms with Gasteiger partial charge in [-0.05, 0) is 24.3 Å². The fraction of sp³-hybridized carbons (Fsp3) is 0.421. The molecule has 28 heavy (non-hydrogen) atoms. The van der Waals surface area contributed by atoms with Gasteiger partial charge in [-0.1, -0.05) is 11.6 Å². The molecule has 2 aliphatic heterocycles. The molecule has 2 fully saturated rings. The molecule has 8 nitrogen and oxygen atoms in total. The van der Waals surface area contributed by atoms with E-state index >= 15 is 0 Å². The highest BCUT2D eigenvalue weighted by atomic mass is 35.5. The number of benzene rings is 1. The van der Waals surface area contributed by atoms with E-state index in [1.807, 2.05) is 4.90 Å². The average Bonchev–Trinajstić information content (AvgIpc) is 2.76. The van der Waals surface area contributed by atoms with Crippen LogP contribution in [0.2, 0.25) is 5.02 Å². The van der Waals surface area contributed by atoms with Gasteiger partial charge in [-0.2, -0.15) is 5.10 Å². The van der Waals surface area contributed by atoms with Crippen molar-refractivity contribution < 1.29 is 9.53 Å². The van der Waals surface area contributed by atoms with Gasteiger partial charge in [0.2, 0.25) is 0 Å². The quantitative estimate of drug-likeness (QED) is 0.849. The zero-order chi connectivity index (χ0) is 19.3. The molecule has 0 saturated carbocycles. The first-order chi connectivity index (χ1) is 13.7. The van der Waals surface area contributed by atoms with Crippen molar-refractivity contribution in [2.24, 2.45) is 0 Å². The second-order valence-electron chi connectivity index (χ2n) is 6.78. The lowest BCUT2D eigenvalue weighted by molar-refractivity contribution is 0.122. The average molecular weight is 403 g/mol. The number of halogens is 1. The number of morpholine rings is 1. The Balaban J connectivity index is 1.33. The van der Waals surface area contributed by atoms with Gasteiger partial charge in [-0.25, -0.2) is 4.79 Å². The Bertz CT molecular complexity index is 804. The van der Waals surface area contributed by atoms with Crippen molar-refractivity contribution in [2.45, 2.75) is 0 Å². The van der Waals surface area contributed by atoms with Crippen LogP contribution >= 0.6 is 11.6 Å². The van der Waals surface area contributed by atoms with Gasteiger partial charge in [0.25, 0.3) is 0 Å². The molecule has 0 aliphatic carbocycles. The highest BCUT2D eigenvalue weighted by Gasteiger charge is 2.23. The van der Waals surface area contributed by atoms with Crippen LogP contribution in [0.25, 0.3) is 0 Å². The van der Waals surface area contributed by atoms with Gasteiger partial charge in [-0.3, -0.25) is 0 Å². The lowest BCUT2D eigenvalue weighted by Gasteiger charge is -2.35. The number of anilines is 3. The highest BCUT2D eigenvalue weighted by molar-refractivity contribution is 6.30. The van der Waals surface area contributed by atoms with Crippen LogP contribution in [0.3, 0.4) is 0 Å². The van der Waals surface area contributed by atoms with Crippen molar-refractivity contribution in [2.75, 3.05) is 67.6 Å². The number of aromatic nitrogens is 2. The molecule has 3 heterocycles. The molecule has 0 bridgehead atoms. The van der Waals surface area contributed by atoms with Crippen LogP contribution in [0.1, 0.15) is 0 Å². The second-order valence-corrected chi connectivity index (χ2v) is 7.22. The first-order valence-electron chi connectivity index (χ1n) is 9.41. The zero-order valence-corrected chi connectivity index (χ0v) is 16.3. The van der Waals surface area contributed by atoms with Crippen molar-refractivity contribution >= 4 is 34.8 Å². The van der Waals surface area contributed by atoms with Gasteiger partial charge >= 0.3 is 6.03 Å². The molecule has 148 valence electrons. The molecule has 0 atom stereocenters. The number of rotatable bonds is 3. The zero-order valence-electron chi connectivity index (χ0n) is 15.6. The molecule has 2 aromatic rings. The van der Waals surface area contributed by atoms with Gasteiger partial charge in [-0.15, -0.1) is 5.10 Å². The summed E-state index contributed by atoms with van der Waals surface area (Å²) < 4.78 is 5.41. The SMILES string of the molecule is O=C(Nc1ccc(Cl)cc1)N1CCN(c2cc(N3CCOCC3)cnn2)CC1. The van der Waals surface area contributed by atoms with Crippen LogP contribution in [0, 0.1) is 0 Å². The number of nitrogens with zero attached hydrogens (tertiary/aromatic N) is 5. The number of piperazine rings is 1. The van der Waals surface area contributed by atoms with E-state index in [4.69, 9.17) is 16.3 Å². The number of carbonyl (C=O) groups is 1. The maximum Gasteiger partial charge on any atom is 0.321 e. The summed E-state index contributed by atoms with van der Waals surface area (Å²) in [6.45, 7) is 5.89. The van der Waals surface area contributed by atoms with E-state index in [1.165, 1.54) is 0 Å². The topological polar surface area (TPSA) is 73.8 Å². The smallest absolute Gasteiger partial charge is 0.321 e. The third kappa shape index (κ3) is 4.45. The van der Waals surface area contributed by atoms with Crippen LogP contribution in [-0.2, 0) is 4.74 Å². The molecule has 2 aliphatic rings. The fourth-order valence-corrected chi connectivity index (χ4v) is 3.49. The minimum atomic E-state index is -0.102. The normalized spacial score (nSPS) is 17.5. The summed E-state index contributed by atoms with van der Waals surface area (Å²) in [5.74, 6) is 0.849. The lowest BCUT2D eigenvalue weighted by atomic mass is 10.3.